The van der Waals surface area contributed by atoms with Crippen molar-refractivity contribution in [3.63, 3.8) is 0 Å². The summed E-state index contributed by atoms with van der Waals surface area (Å²) < 4.78 is 33.7. The molecular weight excluding hydrogens is 741 g/mol. The first-order chi connectivity index (χ1) is 27.4. The second-order valence-corrected chi connectivity index (χ2v) is 16.9. The largest absolute Gasteiger partial charge is 0.756 e. The van der Waals surface area contributed by atoms with Gasteiger partial charge in [-0.1, -0.05) is 164 Å². The van der Waals surface area contributed by atoms with E-state index >= 15 is 0 Å². The number of allylic oxidation sites excluding steroid dienone is 10. The highest BCUT2D eigenvalue weighted by Crippen LogP contribution is 2.38. The smallest absolute Gasteiger partial charge is 0.306 e. The van der Waals surface area contributed by atoms with E-state index in [1.807, 2.05) is 39.4 Å². The Bertz CT molecular complexity index is 1220. The van der Waals surface area contributed by atoms with E-state index in [0.29, 0.717) is 30.3 Å². The van der Waals surface area contributed by atoms with Gasteiger partial charge < -0.3 is 33.0 Å². The number of unbranched alkanes of at least 4 members (excludes halogenated alkanes) is 12. The molecule has 11 heteroatoms. The number of aliphatic hydroxyl groups is 1. The van der Waals surface area contributed by atoms with Crippen molar-refractivity contribution in [1.29, 1.82) is 0 Å². The Labute approximate surface area is 347 Å². The van der Waals surface area contributed by atoms with Gasteiger partial charge in [-0.15, -0.1) is 0 Å². The number of phosphoric ester groups is 1. The van der Waals surface area contributed by atoms with Crippen LogP contribution in [-0.4, -0.2) is 81.2 Å². The summed E-state index contributed by atoms with van der Waals surface area (Å²) in [6.45, 7) is 3.89. The number of aliphatic hydroxyl groups excluding tert-OH is 1. The first-order valence-corrected chi connectivity index (χ1v) is 23.2. The number of ether oxygens (including phenoxy) is 2. The van der Waals surface area contributed by atoms with Crippen LogP contribution in [0.3, 0.4) is 0 Å². The molecule has 0 aromatic carbocycles. The quantitative estimate of drug-likeness (QED) is 0.0161. The van der Waals surface area contributed by atoms with Crippen LogP contribution in [0.1, 0.15) is 149 Å². The summed E-state index contributed by atoms with van der Waals surface area (Å²) in [6, 6.07) is 0. The number of hydrogen-bond acceptors (Lipinski definition) is 9. The summed E-state index contributed by atoms with van der Waals surface area (Å²) in [5.41, 5.74) is 0. The molecule has 0 aliphatic heterocycles. The first-order valence-electron chi connectivity index (χ1n) is 21.8. The van der Waals surface area contributed by atoms with E-state index in [9.17, 15) is 24.2 Å². The van der Waals surface area contributed by atoms with Crippen molar-refractivity contribution in [2.24, 2.45) is 0 Å². The van der Waals surface area contributed by atoms with Gasteiger partial charge in [-0.25, -0.2) is 0 Å². The lowest BCUT2D eigenvalue weighted by Crippen LogP contribution is -2.37. The van der Waals surface area contributed by atoms with Gasteiger partial charge in [0.25, 0.3) is 7.82 Å². The molecule has 0 fully saturated rings. The van der Waals surface area contributed by atoms with Gasteiger partial charge in [-0.05, 0) is 44.9 Å². The fourth-order valence-corrected chi connectivity index (χ4v) is 6.14. The van der Waals surface area contributed by atoms with Crippen molar-refractivity contribution in [1.82, 2.24) is 0 Å². The van der Waals surface area contributed by atoms with Gasteiger partial charge in [0, 0.05) is 12.8 Å². The summed E-state index contributed by atoms with van der Waals surface area (Å²) in [5.74, 6) is -1.02. The zero-order chi connectivity index (χ0) is 42.3. The van der Waals surface area contributed by atoms with Gasteiger partial charge in [0.05, 0.1) is 33.9 Å². The second kappa shape index (κ2) is 37.7. The molecule has 1 N–H and O–H groups in total. The molecule has 0 aliphatic rings. The molecule has 3 atom stereocenters. The van der Waals surface area contributed by atoms with Crippen LogP contribution < -0.4 is 4.89 Å². The van der Waals surface area contributed by atoms with Crippen molar-refractivity contribution in [2.45, 2.75) is 161 Å². The Kier molecular flexibility index (Phi) is 36.0. The highest BCUT2D eigenvalue weighted by molar-refractivity contribution is 7.45. The standard InChI is InChI=1S/C46H80NO9P/c1-6-8-10-12-14-16-18-20-22-24-26-28-31-35-43(48)36-32-30-34-38-46(50)56-44(42-55-57(51,52)54-40-39-47(3,4)5)41-53-45(49)37-33-29-27-25-23-21-19-17-15-13-11-9-7-2/h8,10,14,16,20,22,26,28,30-32,35,43-44,48H,6-7,9,11-13,15,17-19,21,23-25,27,29,33-34,36-42H2,1-5H3/b10-8-,16-14-,22-20-,28-26-,32-30-,35-31-/t43?,44-/m1/s1. The maximum absolute atomic E-state index is 12.6. The van der Waals surface area contributed by atoms with Gasteiger partial charge in [0.1, 0.15) is 19.8 Å². The minimum absolute atomic E-state index is 0.0167. The second-order valence-electron chi connectivity index (χ2n) is 15.5. The molecule has 2 unspecified atom stereocenters. The molecule has 0 saturated carbocycles. The van der Waals surface area contributed by atoms with E-state index in [1.165, 1.54) is 57.8 Å². The Morgan fingerprint density at radius 2 is 1.23 bits per heavy atom. The number of carbonyl (C=O) groups excluding carboxylic acids is 2. The maximum Gasteiger partial charge on any atom is 0.306 e. The van der Waals surface area contributed by atoms with Crippen molar-refractivity contribution < 1.29 is 47.2 Å². The third-order valence-corrected chi connectivity index (χ3v) is 9.80. The minimum atomic E-state index is -4.67. The van der Waals surface area contributed by atoms with Crippen molar-refractivity contribution in [3.05, 3.63) is 72.9 Å². The van der Waals surface area contributed by atoms with Crippen LogP contribution in [0.5, 0.6) is 0 Å². The van der Waals surface area contributed by atoms with E-state index in [4.69, 9.17) is 18.5 Å². The van der Waals surface area contributed by atoms with E-state index in [0.717, 1.165) is 44.9 Å². The highest BCUT2D eigenvalue weighted by atomic mass is 31.2. The Morgan fingerprint density at radius 1 is 0.667 bits per heavy atom. The predicted octanol–water partition coefficient (Wildman–Crippen LogP) is 10.6. The van der Waals surface area contributed by atoms with Crippen LogP contribution in [0, 0.1) is 0 Å². The molecule has 328 valence electrons. The summed E-state index contributed by atoms with van der Waals surface area (Å²) in [5, 5.41) is 10.2. The number of likely N-dealkylation sites (N-methyl/N-ethyl adjacent to an activating group) is 1. The minimum Gasteiger partial charge on any atom is -0.756 e. The lowest BCUT2D eigenvalue weighted by Gasteiger charge is -2.28. The number of quaternary nitrogens is 1. The molecule has 0 aromatic rings. The lowest BCUT2D eigenvalue weighted by molar-refractivity contribution is -0.870. The van der Waals surface area contributed by atoms with Crippen molar-refractivity contribution in [3.8, 4) is 0 Å². The van der Waals surface area contributed by atoms with Crippen LogP contribution in [-0.2, 0) is 32.7 Å². The normalized spacial score (nSPS) is 14.9. The number of carbonyl (C=O) groups is 2. The topological polar surface area (TPSA) is 131 Å². The van der Waals surface area contributed by atoms with Crippen LogP contribution in [0.25, 0.3) is 0 Å². The predicted molar refractivity (Wildman–Crippen MR) is 232 cm³/mol. The molecule has 0 spiro atoms. The number of nitrogens with zero attached hydrogens (tertiary/aromatic N) is 1. The fourth-order valence-electron chi connectivity index (χ4n) is 5.41. The highest BCUT2D eigenvalue weighted by Gasteiger charge is 2.21. The average Bonchev–Trinajstić information content (AvgIpc) is 3.15. The Morgan fingerprint density at radius 3 is 1.81 bits per heavy atom. The average molecular weight is 822 g/mol. The van der Waals surface area contributed by atoms with Crippen molar-refractivity contribution in [2.75, 3.05) is 47.5 Å². The maximum atomic E-state index is 12.6. The van der Waals surface area contributed by atoms with E-state index in [2.05, 4.69) is 50.3 Å². The zero-order valence-corrected chi connectivity index (χ0v) is 37.3. The third kappa shape index (κ3) is 41.4. The van der Waals surface area contributed by atoms with E-state index in [-0.39, 0.29) is 26.1 Å². The third-order valence-electron chi connectivity index (χ3n) is 8.83. The van der Waals surface area contributed by atoms with Crippen molar-refractivity contribution >= 4 is 19.8 Å². The summed E-state index contributed by atoms with van der Waals surface area (Å²) in [4.78, 5) is 37.5. The van der Waals surface area contributed by atoms with Gasteiger partial charge in [0.15, 0.2) is 6.10 Å². The lowest BCUT2D eigenvalue weighted by atomic mass is 10.0. The van der Waals surface area contributed by atoms with Crippen LogP contribution in [0.15, 0.2) is 72.9 Å². The fraction of sp³-hybridized carbons (Fsp3) is 0.696. The molecule has 0 amide bonds. The SMILES string of the molecule is CC/C=C\C/C=C\C/C=C\C/C=C\C=C/C(O)C/C=C\CCC(=O)O[C@H](COC(=O)CCCCCCCCCCCCCCC)COP(=O)([O-])OCC[N+](C)(C)C. The van der Waals surface area contributed by atoms with Crippen LogP contribution >= 0.6 is 7.82 Å². The van der Waals surface area contributed by atoms with Gasteiger partial charge in [-0.2, -0.15) is 0 Å². The summed E-state index contributed by atoms with van der Waals surface area (Å²) >= 11 is 0. The molecule has 0 aromatic heterocycles. The number of phosphoric acid groups is 1. The molecule has 0 radical (unpaired) electrons. The van der Waals surface area contributed by atoms with Gasteiger partial charge >= 0.3 is 11.9 Å². The number of rotatable bonds is 38. The molecule has 57 heavy (non-hydrogen) atoms. The molecule has 0 saturated heterocycles. The molecular formula is C46H80NO9P. The summed E-state index contributed by atoms with van der Waals surface area (Å²) in [6.07, 6.45) is 42.5. The Hall–Kier alpha value is -2.59. The molecule has 0 aliphatic carbocycles. The molecule has 10 nitrogen and oxygen atoms in total. The monoisotopic (exact) mass is 822 g/mol. The summed E-state index contributed by atoms with van der Waals surface area (Å²) in [7, 11) is 1.05. The zero-order valence-electron chi connectivity index (χ0n) is 36.4. The first kappa shape index (κ1) is 54.4. The van der Waals surface area contributed by atoms with Crippen LogP contribution in [0.4, 0.5) is 0 Å². The number of esters is 2. The van der Waals surface area contributed by atoms with Crippen LogP contribution in [0.2, 0.25) is 0 Å². The molecule has 0 bridgehead atoms. The molecule has 0 rings (SSSR count). The van der Waals surface area contributed by atoms with E-state index in [1.54, 1.807) is 18.2 Å². The van der Waals surface area contributed by atoms with Gasteiger partial charge in [-0.3, -0.25) is 14.2 Å². The molecule has 0 heterocycles. The van der Waals surface area contributed by atoms with E-state index < -0.39 is 38.6 Å². The van der Waals surface area contributed by atoms with Gasteiger partial charge in [0.2, 0.25) is 0 Å². The number of hydrogen-bond donors (Lipinski definition) is 1. The Balaban J connectivity index is 4.61.